The highest BCUT2D eigenvalue weighted by atomic mass is 16.5. The minimum Gasteiger partial charge on any atom is -0.497 e. The molecule has 2 aliphatic rings. The topological polar surface area (TPSA) is 41.0 Å². The first kappa shape index (κ1) is 20.9. The van der Waals surface area contributed by atoms with Gasteiger partial charge in [-0.3, -0.25) is 9.69 Å². The fourth-order valence-corrected chi connectivity index (χ4v) is 5.00. The molecule has 1 saturated heterocycles. The fourth-order valence-electron chi connectivity index (χ4n) is 5.00. The van der Waals surface area contributed by atoms with Crippen LogP contribution in [0.4, 0.5) is 5.69 Å². The molecule has 1 fully saturated rings. The fraction of sp³-hybridized carbons (Fsp3) is 0.423. The van der Waals surface area contributed by atoms with Crippen LogP contribution < -0.4 is 9.64 Å². The van der Waals surface area contributed by atoms with E-state index in [1.54, 1.807) is 7.11 Å². The number of hydrogen-bond donors (Lipinski definition) is 0. The zero-order valence-electron chi connectivity index (χ0n) is 18.9. The average Bonchev–Trinajstić information content (AvgIpc) is 3.23. The van der Waals surface area contributed by atoms with Crippen molar-refractivity contribution in [3.8, 4) is 5.75 Å². The van der Waals surface area contributed by atoms with Crippen molar-refractivity contribution in [3.63, 3.8) is 0 Å². The number of amides is 1. The van der Waals surface area contributed by atoms with Crippen molar-refractivity contribution in [2.45, 2.75) is 19.4 Å². The lowest BCUT2D eigenvalue weighted by atomic mass is 10.2. The molecule has 6 heteroatoms. The molecule has 0 N–H and O–H groups in total. The molecule has 0 saturated carbocycles. The minimum atomic E-state index is 0.180. The Morgan fingerprint density at radius 1 is 0.844 bits per heavy atom. The number of benzene rings is 2. The predicted octanol–water partition coefficient (Wildman–Crippen LogP) is 3.71. The van der Waals surface area contributed by atoms with Crippen LogP contribution in [0.1, 0.15) is 23.3 Å². The van der Waals surface area contributed by atoms with E-state index < -0.39 is 0 Å². The van der Waals surface area contributed by atoms with Crippen LogP contribution in [0.2, 0.25) is 0 Å². The number of piperazine rings is 1. The maximum atomic E-state index is 13.0. The monoisotopic (exact) mass is 432 g/mol. The molecular formula is C26H32N4O2. The van der Waals surface area contributed by atoms with Crippen LogP contribution in [0, 0.1) is 0 Å². The van der Waals surface area contributed by atoms with Crippen molar-refractivity contribution in [2.24, 2.45) is 0 Å². The molecule has 5 rings (SSSR count). The van der Waals surface area contributed by atoms with Crippen LogP contribution in [0.15, 0.2) is 54.6 Å². The Labute approximate surface area is 190 Å². The van der Waals surface area contributed by atoms with Crippen molar-refractivity contribution in [1.82, 2.24) is 14.4 Å². The van der Waals surface area contributed by atoms with Gasteiger partial charge in [0, 0.05) is 68.5 Å². The Kier molecular flexibility index (Phi) is 6.04. The molecule has 168 valence electrons. The highest BCUT2D eigenvalue weighted by molar-refractivity contribution is 5.99. The molecule has 0 aliphatic carbocycles. The third-order valence-electron chi connectivity index (χ3n) is 6.85. The number of rotatable bonds is 7. The molecule has 1 aromatic heterocycles. The molecule has 1 amide bonds. The summed E-state index contributed by atoms with van der Waals surface area (Å²) in [4.78, 5) is 20.0. The van der Waals surface area contributed by atoms with E-state index in [2.05, 4.69) is 44.7 Å². The van der Waals surface area contributed by atoms with Gasteiger partial charge in [0.15, 0.2) is 0 Å². The molecule has 0 spiro atoms. The minimum absolute atomic E-state index is 0.180. The number of nitrogens with zero attached hydrogens (tertiary/aromatic N) is 4. The standard InChI is InChI=1S/C26H32N4O2/c1-32-23-9-6-8-22(20-23)28-15-13-27(14-16-28)11-4-5-12-29-17-18-30-24-10-3-2-7-21(24)19-25(30)26(29)31/h2-3,6-10,19-20H,4-5,11-18H2,1H3. The zero-order valence-corrected chi connectivity index (χ0v) is 18.9. The summed E-state index contributed by atoms with van der Waals surface area (Å²) >= 11 is 0. The number of anilines is 1. The van der Waals surface area contributed by atoms with E-state index in [1.165, 1.54) is 11.2 Å². The van der Waals surface area contributed by atoms with Crippen LogP contribution in [-0.2, 0) is 6.54 Å². The quantitative estimate of drug-likeness (QED) is 0.534. The number of unbranched alkanes of at least 4 members (excludes halogenated alkanes) is 1. The first-order valence-corrected chi connectivity index (χ1v) is 11.7. The van der Waals surface area contributed by atoms with E-state index in [1.807, 2.05) is 29.2 Å². The van der Waals surface area contributed by atoms with Crippen molar-refractivity contribution in [3.05, 3.63) is 60.3 Å². The number of aromatic nitrogens is 1. The highest BCUT2D eigenvalue weighted by Gasteiger charge is 2.26. The van der Waals surface area contributed by atoms with Crippen molar-refractivity contribution < 1.29 is 9.53 Å². The van der Waals surface area contributed by atoms with Gasteiger partial charge in [0.2, 0.25) is 0 Å². The molecule has 3 heterocycles. The first-order chi connectivity index (χ1) is 15.7. The lowest BCUT2D eigenvalue weighted by Crippen LogP contribution is -2.46. The number of methoxy groups -OCH3 is 1. The summed E-state index contributed by atoms with van der Waals surface area (Å²) in [5.41, 5.74) is 3.25. The highest BCUT2D eigenvalue weighted by Crippen LogP contribution is 2.25. The summed E-state index contributed by atoms with van der Waals surface area (Å²) in [5.74, 6) is 1.09. The van der Waals surface area contributed by atoms with Gasteiger partial charge in [0.05, 0.1) is 7.11 Å². The number of para-hydroxylation sites is 1. The lowest BCUT2D eigenvalue weighted by Gasteiger charge is -2.36. The maximum Gasteiger partial charge on any atom is 0.270 e. The van der Waals surface area contributed by atoms with E-state index in [9.17, 15) is 4.79 Å². The van der Waals surface area contributed by atoms with E-state index >= 15 is 0 Å². The molecule has 0 unspecified atom stereocenters. The van der Waals surface area contributed by atoms with Gasteiger partial charge < -0.3 is 19.1 Å². The molecule has 3 aromatic rings. The van der Waals surface area contributed by atoms with Gasteiger partial charge in [-0.05, 0) is 43.7 Å². The molecule has 2 aliphatic heterocycles. The van der Waals surface area contributed by atoms with Gasteiger partial charge in [-0.2, -0.15) is 0 Å². The SMILES string of the molecule is COc1cccc(N2CCN(CCCCN3CCn4c(cc5ccccc54)C3=O)CC2)c1. The zero-order chi connectivity index (χ0) is 21.9. The Bertz CT molecular complexity index is 1080. The van der Waals surface area contributed by atoms with Crippen molar-refractivity contribution in [1.29, 1.82) is 0 Å². The summed E-state index contributed by atoms with van der Waals surface area (Å²) in [5, 5.41) is 1.16. The second-order valence-corrected chi connectivity index (χ2v) is 8.77. The third-order valence-corrected chi connectivity index (χ3v) is 6.85. The number of carbonyl (C=O) groups excluding carboxylic acids is 1. The van der Waals surface area contributed by atoms with Crippen LogP contribution in [0.3, 0.4) is 0 Å². The van der Waals surface area contributed by atoms with Crippen LogP contribution >= 0.6 is 0 Å². The van der Waals surface area contributed by atoms with Gasteiger partial charge in [-0.25, -0.2) is 0 Å². The third kappa shape index (κ3) is 4.19. The van der Waals surface area contributed by atoms with Gasteiger partial charge in [0.25, 0.3) is 5.91 Å². The molecule has 2 aromatic carbocycles. The Morgan fingerprint density at radius 2 is 1.66 bits per heavy atom. The Morgan fingerprint density at radius 3 is 2.50 bits per heavy atom. The van der Waals surface area contributed by atoms with E-state index in [4.69, 9.17) is 4.74 Å². The molecule has 32 heavy (non-hydrogen) atoms. The number of carbonyl (C=O) groups is 1. The lowest BCUT2D eigenvalue weighted by molar-refractivity contribution is 0.0702. The summed E-state index contributed by atoms with van der Waals surface area (Å²) in [7, 11) is 1.72. The summed E-state index contributed by atoms with van der Waals surface area (Å²) in [6.07, 6.45) is 2.19. The second-order valence-electron chi connectivity index (χ2n) is 8.77. The normalized spacial score (nSPS) is 17.1. The summed E-state index contributed by atoms with van der Waals surface area (Å²) in [6, 6.07) is 18.6. The summed E-state index contributed by atoms with van der Waals surface area (Å²) in [6.45, 7) is 7.91. The Balaban J connectivity index is 1.07. The van der Waals surface area contributed by atoms with Gasteiger partial charge in [-0.15, -0.1) is 0 Å². The Hall–Kier alpha value is -2.99. The van der Waals surface area contributed by atoms with Crippen molar-refractivity contribution >= 4 is 22.5 Å². The molecule has 0 bridgehead atoms. The largest absolute Gasteiger partial charge is 0.497 e. The van der Waals surface area contributed by atoms with Crippen LogP contribution in [0.25, 0.3) is 10.9 Å². The smallest absolute Gasteiger partial charge is 0.270 e. The molecular weight excluding hydrogens is 400 g/mol. The van der Waals surface area contributed by atoms with Gasteiger partial charge in [-0.1, -0.05) is 24.3 Å². The molecule has 6 nitrogen and oxygen atoms in total. The van der Waals surface area contributed by atoms with E-state index in [-0.39, 0.29) is 5.91 Å². The van der Waals surface area contributed by atoms with Crippen LogP contribution in [-0.4, -0.2) is 73.2 Å². The first-order valence-electron chi connectivity index (χ1n) is 11.7. The number of ether oxygens (including phenoxy) is 1. The molecule has 0 atom stereocenters. The number of fused-ring (bicyclic) bond motifs is 3. The van der Waals surface area contributed by atoms with Gasteiger partial charge in [0.1, 0.15) is 11.4 Å². The predicted molar refractivity (Wildman–Crippen MR) is 129 cm³/mol. The number of hydrogen-bond acceptors (Lipinski definition) is 4. The maximum absolute atomic E-state index is 13.0. The average molecular weight is 433 g/mol. The summed E-state index contributed by atoms with van der Waals surface area (Å²) < 4.78 is 7.53. The second kappa shape index (κ2) is 9.25. The van der Waals surface area contributed by atoms with Crippen LogP contribution in [0.5, 0.6) is 5.75 Å². The van der Waals surface area contributed by atoms with Gasteiger partial charge >= 0.3 is 0 Å². The van der Waals surface area contributed by atoms with Crippen molar-refractivity contribution in [2.75, 3.05) is 57.8 Å². The molecule has 0 radical (unpaired) electrons. The van der Waals surface area contributed by atoms with E-state index in [0.29, 0.717) is 0 Å². The van der Waals surface area contributed by atoms with E-state index in [0.717, 1.165) is 82.0 Å².